The molecule has 3 N–H and O–H groups in total. The first kappa shape index (κ1) is 18.6. The minimum Gasteiger partial charge on any atom is -0.396 e. The molecule has 2 amide bonds. The molecule has 0 bridgehead atoms. The predicted octanol–water partition coefficient (Wildman–Crippen LogP) is 3.12. The highest BCUT2D eigenvalue weighted by atomic mass is 16.3. The Bertz CT molecular complexity index is 879. The van der Waals surface area contributed by atoms with Crippen molar-refractivity contribution in [1.29, 1.82) is 0 Å². The van der Waals surface area contributed by atoms with E-state index in [-0.39, 0.29) is 18.7 Å². The number of urea groups is 1. The molecule has 7 nitrogen and oxygen atoms in total. The first-order valence-corrected chi connectivity index (χ1v) is 8.85. The minimum atomic E-state index is -0.298. The van der Waals surface area contributed by atoms with E-state index >= 15 is 0 Å². The van der Waals surface area contributed by atoms with Crippen LogP contribution in [0.2, 0.25) is 0 Å². The maximum Gasteiger partial charge on any atom is 0.319 e. The lowest BCUT2D eigenvalue weighted by Crippen LogP contribution is -2.32. The van der Waals surface area contributed by atoms with Crippen molar-refractivity contribution in [2.24, 2.45) is 7.05 Å². The van der Waals surface area contributed by atoms with Crippen LogP contribution in [0.25, 0.3) is 11.4 Å². The molecule has 0 fully saturated rings. The zero-order chi connectivity index (χ0) is 19.1. The normalized spacial score (nSPS) is 11.8. The van der Waals surface area contributed by atoms with E-state index in [0.29, 0.717) is 24.4 Å². The average Bonchev–Trinajstić information content (AvgIpc) is 3.12. The van der Waals surface area contributed by atoms with E-state index in [9.17, 15) is 4.79 Å². The molecule has 0 saturated heterocycles. The molecular formula is C20H23N5O2. The van der Waals surface area contributed by atoms with Crippen molar-refractivity contribution in [2.75, 3.05) is 11.9 Å². The molecular weight excluding hydrogens is 342 g/mol. The molecule has 7 heteroatoms. The number of carbonyl (C=O) groups excluding carboxylic acids is 1. The summed E-state index contributed by atoms with van der Waals surface area (Å²) in [6, 6.07) is 16.7. The van der Waals surface area contributed by atoms with Crippen molar-refractivity contribution in [3.05, 3.63) is 66.5 Å². The smallest absolute Gasteiger partial charge is 0.319 e. The summed E-state index contributed by atoms with van der Waals surface area (Å²) in [5.41, 5.74) is 2.49. The zero-order valence-corrected chi connectivity index (χ0v) is 15.2. The van der Waals surface area contributed by atoms with E-state index in [2.05, 4.69) is 20.7 Å². The monoisotopic (exact) mass is 365 g/mol. The van der Waals surface area contributed by atoms with Crippen LogP contribution in [0.5, 0.6) is 0 Å². The van der Waals surface area contributed by atoms with Crippen LogP contribution in [0.15, 0.2) is 60.9 Å². The molecule has 27 heavy (non-hydrogen) atoms. The number of hydrogen-bond acceptors (Lipinski definition) is 4. The molecule has 0 spiro atoms. The van der Waals surface area contributed by atoms with Crippen molar-refractivity contribution in [2.45, 2.75) is 18.9 Å². The molecule has 1 unspecified atom stereocenters. The van der Waals surface area contributed by atoms with Crippen LogP contribution < -0.4 is 10.6 Å². The molecule has 1 heterocycles. The van der Waals surface area contributed by atoms with Gasteiger partial charge < -0.3 is 15.7 Å². The standard InChI is InChI=1S/C20H23N5O2/c1-25-14-21-19(24-25)16-9-5-10-17(13-16)22-20(27)23-18(11-6-12-26)15-7-3-2-4-8-15/h2-5,7-10,13-14,18,26H,6,11-12H2,1H3,(H2,22,23,27). The lowest BCUT2D eigenvalue weighted by atomic mass is 10.0. The number of aliphatic hydroxyl groups is 1. The van der Waals surface area contributed by atoms with Gasteiger partial charge in [0.25, 0.3) is 0 Å². The number of amides is 2. The maximum absolute atomic E-state index is 12.5. The Kier molecular flexibility index (Phi) is 6.17. The molecule has 0 aliphatic rings. The maximum atomic E-state index is 12.5. The summed E-state index contributed by atoms with van der Waals surface area (Å²) in [6.07, 6.45) is 2.90. The third-order valence-electron chi connectivity index (χ3n) is 4.14. The van der Waals surface area contributed by atoms with Gasteiger partial charge >= 0.3 is 6.03 Å². The van der Waals surface area contributed by atoms with Gasteiger partial charge in [0.1, 0.15) is 6.33 Å². The van der Waals surface area contributed by atoms with Crippen molar-refractivity contribution in [1.82, 2.24) is 20.1 Å². The average molecular weight is 365 g/mol. The second-order valence-electron chi connectivity index (χ2n) is 6.25. The summed E-state index contributed by atoms with van der Waals surface area (Å²) in [5.74, 6) is 0.603. The van der Waals surface area contributed by atoms with Crippen LogP contribution in [0.1, 0.15) is 24.4 Å². The highest BCUT2D eigenvalue weighted by molar-refractivity contribution is 5.90. The van der Waals surface area contributed by atoms with Crippen molar-refractivity contribution >= 4 is 11.7 Å². The van der Waals surface area contributed by atoms with Crippen molar-refractivity contribution in [3.8, 4) is 11.4 Å². The lowest BCUT2D eigenvalue weighted by Gasteiger charge is -2.19. The minimum absolute atomic E-state index is 0.0890. The number of rotatable bonds is 7. The molecule has 0 aliphatic carbocycles. The summed E-state index contributed by atoms with van der Waals surface area (Å²) in [7, 11) is 1.81. The largest absolute Gasteiger partial charge is 0.396 e. The van der Waals surface area contributed by atoms with E-state index in [1.807, 2.05) is 61.6 Å². The Labute approximate surface area is 158 Å². The quantitative estimate of drug-likeness (QED) is 0.600. The predicted molar refractivity (Wildman–Crippen MR) is 104 cm³/mol. The summed E-state index contributed by atoms with van der Waals surface area (Å²) in [6.45, 7) is 0.0890. The molecule has 0 aliphatic heterocycles. The summed E-state index contributed by atoms with van der Waals surface area (Å²) >= 11 is 0. The number of anilines is 1. The zero-order valence-electron chi connectivity index (χ0n) is 15.2. The number of benzene rings is 2. The molecule has 140 valence electrons. The Balaban J connectivity index is 1.68. The fourth-order valence-electron chi connectivity index (χ4n) is 2.84. The molecule has 1 atom stereocenters. The van der Waals surface area contributed by atoms with Gasteiger partial charge in [-0.15, -0.1) is 0 Å². The second-order valence-corrected chi connectivity index (χ2v) is 6.25. The Morgan fingerprint density at radius 1 is 1.19 bits per heavy atom. The van der Waals surface area contributed by atoms with Crippen LogP contribution in [-0.4, -0.2) is 32.5 Å². The third kappa shape index (κ3) is 5.15. The van der Waals surface area contributed by atoms with Crippen LogP contribution >= 0.6 is 0 Å². The van der Waals surface area contributed by atoms with Gasteiger partial charge in [0.2, 0.25) is 0 Å². The van der Waals surface area contributed by atoms with Gasteiger partial charge in [0.15, 0.2) is 5.82 Å². The highest BCUT2D eigenvalue weighted by Crippen LogP contribution is 2.21. The van der Waals surface area contributed by atoms with Gasteiger partial charge in [0.05, 0.1) is 6.04 Å². The van der Waals surface area contributed by atoms with E-state index in [1.165, 1.54) is 0 Å². The SMILES string of the molecule is Cn1cnc(-c2cccc(NC(=O)NC(CCCO)c3ccccc3)c2)n1. The third-order valence-corrected chi connectivity index (χ3v) is 4.14. The highest BCUT2D eigenvalue weighted by Gasteiger charge is 2.14. The van der Waals surface area contributed by atoms with Crippen LogP contribution in [-0.2, 0) is 7.05 Å². The lowest BCUT2D eigenvalue weighted by molar-refractivity contribution is 0.244. The number of carbonyl (C=O) groups is 1. The van der Waals surface area contributed by atoms with E-state index in [4.69, 9.17) is 5.11 Å². The fraction of sp³-hybridized carbons (Fsp3) is 0.250. The molecule has 0 radical (unpaired) electrons. The number of aliphatic hydroxyl groups excluding tert-OH is 1. The molecule has 2 aromatic carbocycles. The number of nitrogens with zero attached hydrogens (tertiary/aromatic N) is 3. The van der Waals surface area contributed by atoms with Gasteiger partial charge in [-0.2, -0.15) is 5.10 Å². The van der Waals surface area contributed by atoms with Crippen LogP contribution in [0, 0.1) is 0 Å². The molecule has 0 saturated carbocycles. The summed E-state index contributed by atoms with van der Waals surface area (Å²) < 4.78 is 1.63. The summed E-state index contributed by atoms with van der Waals surface area (Å²) in [4.78, 5) is 16.7. The van der Waals surface area contributed by atoms with Gasteiger partial charge in [-0.05, 0) is 30.5 Å². The van der Waals surface area contributed by atoms with E-state index in [0.717, 1.165) is 11.1 Å². The van der Waals surface area contributed by atoms with Gasteiger partial charge in [0, 0.05) is 24.9 Å². The van der Waals surface area contributed by atoms with Gasteiger partial charge in [-0.25, -0.2) is 9.78 Å². The fourth-order valence-corrected chi connectivity index (χ4v) is 2.84. The topological polar surface area (TPSA) is 92.1 Å². The first-order valence-electron chi connectivity index (χ1n) is 8.85. The van der Waals surface area contributed by atoms with Crippen LogP contribution in [0.3, 0.4) is 0 Å². The molecule has 3 rings (SSSR count). The number of hydrogen-bond donors (Lipinski definition) is 3. The van der Waals surface area contributed by atoms with Gasteiger partial charge in [-0.3, -0.25) is 4.68 Å². The number of aryl methyl sites for hydroxylation is 1. The number of aromatic nitrogens is 3. The number of nitrogens with one attached hydrogen (secondary N) is 2. The summed E-state index contributed by atoms with van der Waals surface area (Å²) in [5, 5.41) is 19.3. The van der Waals surface area contributed by atoms with Crippen LogP contribution in [0.4, 0.5) is 10.5 Å². The van der Waals surface area contributed by atoms with Gasteiger partial charge in [-0.1, -0.05) is 42.5 Å². The molecule has 1 aromatic heterocycles. The molecule has 3 aromatic rings. The van der Waals surface area contributed by atoms with Crippen molar-refractivity contribution in [3.63, 3.8) is 0 Å². The Morgan fingerprint density at radius 3 is 2.70 bits per heavy atom. The van der Waals surface area contributed by atoms with E-state index in [1.54, 1.807) is 11.0 Å². The van der Waals surface area contributed by atoms with E-state index < -0.39 is 0 Å². The Morgan fingerprint density at radius 2 is 2.00 bits per heavy atom. The first-order chi connectivity index (χ1) is 13.2. The second kappa shape index (κ2) is 8.95. The van der Waals surface area contributed by atoms with Crippen molar-refractivity contribution < 1.29 is 9.90 Å². The Hall–Kier alpha value is -3.19.